The quantitative estimate of drug-likeness (QED) is 0.409. The summed E-state index contributed by atoms with van der Waals surface area (Å²) in [5, 5.41) is 0. The Labute approximate surface area is 192 Å². The lowest BCUT2D eigenvalue weighted by Crippen LogP contribution is -2.31. The average Bonchev–Trinajstić information content (AvgIpc) is 3.08. The standard InChI is InChI=1S/C27H25NO3S/c1-3-19-10-14-22(15-11-19)28-26(29)24(21-12-16-23(17-13-21)31-4-2)25(27(28)30)32-18-20-8-6-5-7-9-20/h5-17H,3-4,18H2,1-2H3. The van der Waals surface area contributed by atoms with Crippen molar-refractivity contribution in [3.63, 3.8) is 0 Å². The minimum Gasteiger partial charge on any atom is -0.494 e. The lowest BCUT2D eigenvalue weighted by Gasteiger charge is -2.15. The number of benzene rings is 3. The smallest absolute Gasteiger partial charge is 0.272 e. The van der Waals surface area contributed by atoms with Crippen LogP contribution < -0.4 is 9.64 Å². The first-order valence-corrected chi connectivity index (χ1v) is 11.7. The SMILES string of the molecule is CCOc1ccc(C2=C(SCc3ccccc3)C(=O)N(c3ccc(CC)cc3)C2=O)cc1. The summed E-state index contributed by atoms with van der Waals surface area (Å²) < 4.78 is 5.53. The summed E-state index contributed by atoms with van der Waals surface area (Å²) in [6.45, 7) is 4.57. The molecule has 162 valence electrons. The molecule has 4 rings (SSSR count). The second kappa shape index (κ2) is 9.88. The molecule has 32 heavy (non-hydrogen) atoms. The van der Waals surface area contributed by atoms with Gasteiger partial charge in [0.25, 0.3) is 11.8 Å². The third kappa shape index (κ3) is 4.48. The summed E-state index contributed by atoms with van der Waals surface area (Å²) in [7, 11) is 0. The number of hydrogen-bond acceptors (Lipinski definition) is 4. The molecule has 2 amide bonds. The van der Waals surface area contributed by atoms with Crippen LogP contribution in [0, 0.1) is 0 Å². The van der Waals surface area contributed by atoms with Gasteiger partial charge in [0.2, 0.25) is 0 Å². The molecule has 0 saturated heterocycles. The molecule has 0 fully saturated rings. The summed E-state index contributed by atoms with van der Waals surface area (Å²) in [5.74, 6) is 0.778. The molecule has 3 aromatic carbocycles. The fraction of sp³-hybridized carbons (Fsp3) is 0.185. The number of imide groups is 1. The maximum Gasteiger partial charge on any atom is 0.272 e. The van der Waals surface area contributed by atoms with Gasteiger partial charge in [-0.15, -0.1) is 11.8 Å². The molecule has 1 heterocycles. The van der Waals surface area contributed by atoms with E-state index in [0.29, 0.717) is 28.5 Å². The fourth-order valence-corrected chi connectivity index (χ4v) is 4.70. The van der Waals surface area contributed by atoms with E-state index in [4.69, 9.17) is 4.74 Å². The molecule has 1 aliphatic heterocycles. The van der Waals surface area contributed by atoms with Crippen LogP contribution in [0.15, 0.2) is 83.8 Å². The van der Waals surface area contributed by atoms with Crippen molar-refractivity contribution in [2.75, 3.05) is 11.5 Å². The molecule has 0 bridgehead atoms. The Morgan fingerprint density at radius 3 is 2.09 bits per heavy atom. The molecule has 0 aromatic heterocycles. The minimum absolute atomic E-state index is 0.274. The second-order valence-corrected chi connectivity index (χ2v) is 8.39. The molecule has 1 aliphatic rings. The maximum absolute atomic E-state index is 13.5. The minimum atomic E-state index is -0.293. The van der Waals surface area contributed by atoms with Crippen LogP contribution in [0.3, 0.4) is 0 Å². The first kappa shape index (κ1) is 21.9. The number of anilines is 1. The number of ether oxygens (including phenoxy) is 1. The number of nitrogens with zero attached hydrogens (tertiary/aromatic N) is 1. The first-order valence-electron chi connectivity index (χ1n) is 10.7. The average molecular weight is 444 g/mol. The molecule has 0 N–H and O–H groups in total. The Kier molecular flexibility index (Phi) is 6.76. The Morgan fingerprint density at radius 2 is 1.47 bits per heavy atom. The molecule has 4 nitrogen and oxygen atoms in total. The van der Waals surface area contributed by atoms with Gasteiger partial charge in [-0.3, -0.25) is 9.59 Å². The van der Waals surface area contributed by atoms with E-state index >= 15 is 0 Å². The van der Waals surface area contributed by atoms with Crippen molar-refractivity contribution in [1.82, 2.24) is 0 Å². The molecular weight excluding hydrogens is 418 g/mol. The van der Waals surface area contributed by atoms with Crippen LogP contribution in [-0.2, 0) is 21.8 Å². The normalized spacial score (nSPS) is 13.8. The van der Waals surface area contributed by atoms with Gasteiger partial charge < -0.3 is 4.74 Å². The van der Waals surface area contributed by atoms with Gasteiger partial charge in [-0.2, -0.15) is 0 Å². The number of thioether (sulfide) groups is 1. The van der Waals surface area contributed by atoms with E-state index in [0.717, 1.165) is 28.9 Å². The Morgan fingerprint density at radius 1 is 0.781 bits per heavy atom. The van der Waals surface area contributed by atoms with E-state index in [2.05, 4.69) is 6.92 Å². The van der Waals surface area contributed by atoms with Crippen molar-refractivity contribution in [3.05, 3.63) is 100 Å². The number of rotatable bonds is 8. The van der Waals surface area contributed by atoms with Gasteiger partial charge in [0.1, 0.15) is 5.75 Å². The highest BCUT2D eigenvalue weighted by Crippen LogP contribution is 2.40. The topological polar surface area (TPSA) is 46.6 Å². The van der Waals surface area contributed by atoms with Gasteiger partial charge in [-0.25, -0.2) is 4.90 Å². The summed E-state index contributed by atoms with van der Waals surface area (Å²) in [5.41, 5.74) is 4.01. The van der Waals surface area contributed by atoms with E-state index in [-0.39, 0.29) is 11.8 Å². The molecule has 0 spiro atoms. The van der Waals surface area contributed by atoms with Crippen LogP contribution in [0.25, 0.3) is 5.57 Å². The number of amides is 2. The second-order valence-electron chi connectivity index (χ2n) is 7.40. The van der Waals surface area contributed by atoms with Gasteiger partial charge >= 0.3 is 0 Å². The van der Waals surface area contributed by atoms with Crippen molar-refractivity contribution in [2.24, 2.45) is 0 Å². The summed E-state index contributed by atoms with van der Waals surface area (Å²) in [4.78, 5) is 28.7. The van der Waals surface area contributed by atoms with Crippen molar-refractivity contribution in [3.8, 4) is 5.75 Å². The van der Waals surface area contributed by atoms with Crippen LogP contribution in [0.5, 0.6) is 5.75 Å². The van der Waals surface area contributed by atoms with Gasteiger partial charge in [-0.1, -0.05) is 61.5 Å². The van der Waals surface area contributed by atoms with Crippen molar-refractivity contribution in [1.29, 1.82) is 0 Å². The van der Waals surface area contributed by atoms with Gasteiger partial charge in [0.15, 0.2) is 0 Å². The highest BCUT2D eigenvalue weighted by atomic mass is 32.2. The maximum atomic E-state index is 13.5. The predicted octanol–water partition coefficient (Wildman–Crippen LogP) is 5.87. The van der Waals surface area contributed by atoms with Crippen molar-refractivity contribution in [2.45, 2.75) is 26.0 Å². The summed E-state index contributed by atoms with van der Waals surface area (Å²) >= 11 is 1.41. The first-order chi connectivity index (χ1) is 15.6. The number of aryl methyl sites for hydroxylation is 1. The molecule has 0 radical (unpaired) electrons. The van der Waals surface area contributed by atoms with Crippen LogP contribution in [0.2, 0.25) is 0 Å². The van der Waals surface area contributed by atoms with E-state index < -0.39 is 0 Å². The summed E-state index contributed by atoms with van der Waals surface area (Å²) in [6.07, 6.45) is 0.899. The zero-order valence-electron chi connectivity index (χ0n) is 18.2. The Hall–Kier alpha value is -3.31. The third-order valence-corrected chi connectivity index (χ3v) is 6.47. The van der Waals surface area contributed by atoms with Crippen LogP contribution in [0.1, 0.15) is 30.5 Å². The van der Waals surface area contributed by atoms with E-state index in [1.165, 1.54) is 16.7 Å². The van der Waals surface area contributed by atoms with E-state index in [1.807, 2.05) is 85.8 Å². The molecular formula is C27H25NO3S. The third-order valence-electron chi connectivity index (χ3n) is 5.32. The van der Waals surface area contributed by atoms with Crippen molar-refractivity contribution >= 4 is 34.8 Å². The zero-order valence-corrected chi connectivity index (χ0v) is 19.0. The molecule has 0 aliphatic carbocycles. The van der Waals surface area contributed by atoms with Gasteiger partial charge in [0.05, 0.1) is 22.8 Å². The molecule has 3 aromatic rings. The Balaban J connectivity index is 1.70. The number of carbonyl (C=O) groups is 2. The number of hydrogen-bond donors (Lipinski definition) is 0. The molecule has 0 atom stereocenters. The van der Waals surface area contributed by atoms with E-state index in [9.17, 15) is 9.59 Å². The number of carbonyl (C=O) groups excluding carboxylic acids is 2. The molecule has 5 heteroatoms. The molecule has 0 saturated carbocycles. The van der Waals surface area contributed by atoms with E-state index in [1.54, 1.807) is 0 Å². The van der Waals surface area contributed by atoms with Gasteiger partial charge in [-0.05, 0) is 54.3 Å². The van der Waals surface area contributed by atoms with Crippen LogP contribution in [-0.4, -0.2) is 18.4 Å². The zero-order chi connectivity index (χ0) is 22.5. The highest BCUT2D eigenvalue weighted by molar-refractivity contribution is 8.03. The Bertz CT molecular complexity index is 1140. The van der Waals surface area contributed by atoms with Crippen LogP contribution in [0.4, 0.5) is 5.69 Å². The lowest BCUT2D eigenvalue weighted by atomic mass is 10.1. The van der Waals surface area contributed by atoms with Crippen LogP contribution >= 0.6 is 11.8 Å². The fourth-order valence-electron chi connectivity index (χ4n) is 3.63. The van der Waals surface area contributed by atoms with Crippen molar-refractivity contribution < 1.29 is 14.3 Å². The highest BCUT2D eigenvalue weighted by Gasteiger charge is 2.40. The predicted molar refractivity (Wildman–Crippen MR) is 131 cm³/mol. The largest absolute Gasteiger partial charge is 0.494 e. The van der Waals surface area contributed by atoms with Gasteiger partial charge in [0, 0.05) is 5.75 Å². The monoisotopic (exact) mass is 443 g/mol. The molecule has 0 unspecified atom stereocenters. The summed E-state index contributed by atoms with van der Waals surface area (Å²) in [6, 6.07) is 24.9. The lowest BCUT2D eigenvalue weighted by molar-refractivity contribution is -0.119.